The molecule has 1 aliphatic carbocycles. The first-order valence-corrected chi connectivity index (χ1v) is 20.4. The zero-order valence-corrected chi connectivity index (χ0v) is 32.0. The molecule has 0 spiro atoms. The second-order valence-corrected chi connectivity index (χ2v) is 15.9. The monoisotopic (exact) mass is 743 g/mol. The number of thiophene rings is 1. The van der Waals surface area contributed by atoms with Gasteiger partial charge in [0.2, 0.25) is 0 Å². The van der Waals surface area contributed by atoms with E-state index in [-0.39, 0.29) is 0 Å². The van der Waals surface area contributed by atoms with Crippen molar-refractivity contribution >= 4 is 48.6 Å². The van der Waals surface area contributed by atoms with Crippen molar-refractivity contribution in [3.8, 4) is 33.4 Å². The summed E-state index contributed by atoms with van der Waals surface area (Å²) < 4.78 is 2.58. The molecule has 11 rings (SSSR count). The fourth-order valence-electron chi connectivity index (χ4n) is 9.33. The van der Waals surface area contributed by atoms with Gasteiger partial charge < -0.3 is 4.90 Å². The van der Waals surface area contributed by atoms with E-state index in [4.69, 9.17) is 0 Å². The molecule has 0 atom stereocenters. The standard InChI is InChI=1S/C55H37NS/c1-4-18-38(19-5-1)40-22-14-26-43(36-40)56(44-27-15-23-41(37-44)39-20-6-2-7-21-39)51-34-17-35-52-53(51)47-30-16-33-50(54(47)57-52)55(42-24-8-3-9-25-42)48-31-12-10-28-45(48)46-29-11-13-32-49(46)55/h1-37H. The molecular formula is C55H37NS. The van der Waals surface area contributed by atoms with E-state index in [2.05, 4.69) is 229 Å². The lowest BCUT2D eigenvalue weighted by molar-refractivity contribution is 0.778. The number of anilines is 3. The minimum absolute atomic E-state index is 0.483. The molecule has 1 heterocycles. The predicted octanol–water partition coefficient (Wildman–Crippen LogP) is 15.2. The van der Waals surface area contributed by atoms with E-state index in [1.165, 1.54) is 75.8 Å². The van der Waals surface area contributed by atoms with Crippen molar-refractivity contribution in [1.82, 2.24) is 0 Å². The fourth-order valence-corrected chi connectivity index (χ4v) is 10.6. The van der Waals surface area contributed by atoms with Gasteiger partial charge in [0.25, 0.3) is 0 Å². The molecule has 0 radical (unpaired) electrons. The Morgan fingerprint density at radius 3 is 1.44 bits per heavy atom. The summed E-state index contributed by atoms with van der Waals surface area (Å²) in [5.74, 6) is 0. The summed E-state index contributed by atoms with van der Waals surface area (Å²) in [5.41, 5.74) is 15.5. The molecule has 0 fully saturated rings. The van der Waals surface area contributed by atoms with E-state index < -0.39 is 5.41 Å². The minimum atomic E-state index is -0.483. The van der Waals surface area contributed by atoms with Crippen LogP contribution in [0.25, 0.3) is 53.6 Å². The summed E-state index contributed by atoms with van der Waals surface area (Å²) in [6.45, 7) is 0. The third-order valence-corrected chi connectivity index (χ3v) is 12.9. The Morgan fingerprint density at radius 2 is 0.842 bits per heavy atom. The Kier molecular flexibility index (Phi) is 7.98. The SMILES string of the molecule is c1ccc(-c2cccc(N(c3cccc(-c4ccccc4)c3)c3cccc4sc5c(C6(c7ccccc7)c7ccccc7-c7ccccc76)cccc5c34)c2)cc1. The highest BCUT2D eigenvalue weighted by Gasteiger charge is 2.47. The maximum atomic E-state index is 2.47. The largest absolute Gasteiger partial charge is 0.310 e. The fraction of sp³-hybridized carbons (Fsp3) is 0.0182. The van der Waals surface area contributed by atoms with Crippen LogP contribution >= 0.6 is 11.3 Å². The molecule has 57 heavy (non-hydrogen) atoms. The number of benzene rings is 9. The predicted molar refractivity (Wildman–Crippen MR) is 242 cm³/mol. The van der Waals surface area contributed by atoms with Gasteiger partial charge in [0, 0.05) is 31.5 Å². The van der Waals surface area contributed by atoms with Gasteiger partial charge in [-0.2, -0.15) is 0 Å². The number of rotatable bonds is 7. The zero-order chi connectivity index (χ0) is 37.8. The molecule has 1 aromatic heterocycles. The summed E-state index contributed by atoms with van der Waals surface area (Å²) in [6.07, 6.45) is 0. The van der Waals surface area contributed by atoms with E-state index in [9.17, 15) is 0 Å². The van der Waals surface area contributed by atoms with Gasteiger partial charge in [-0.05, 0) is 92.0 Å². The van der Waals surface area contributed by atoms with Crippen molar-refractivity contribution in [2.75, 3.05) is 4.90 Å². The van der Waals surface area contributed by atoms with E-state index >= 15 is 0 Å². The quantitative estimate of drug-likeness (QED) is 0.157. The van der Waals surface area contributed by atoms with E-state index in [0.717, 1.165) is 17.1 Å². The van der Waals surface area contributed by atoms with E-state index in [1.54, 1.807) is 0 Å². The molecule has 1 nitrogen and oxygen atoms in total. The highest BCUT2D eigenvalue weighted by Crippen LogP contribution is 2.58. The van der Waals surface area contributed by atoms with Crippen LogP contribution in [0.1, 0.15) is 22.3 Å². The Balaban J connectivity index is 1.19. The first-order chi connectivity index (χ1) is 28.3. The Morgan fingerprint density at radius 1 is 0.368 bits per heavy atom. The lowest BCUT2D eigenvalue weighted by Gasteiger charge is -2.34. The second kappa shape index (κ2) is 13.6. The highest BCUT2D eigenvalue weighted by molar-refractivity contribution is 7.26. The van der Waals surface area contributed by atoms with Gasteiger partial charge in [-0.15, -0.1) is 11.3 Å². The van der Waals surface area contributed by atoms with Crippen molar-refractivity contribution in [3.63, 3.8) is 0 Å². The average Bonchev–Trinajstić information content (AvgIpc) is 3.82. The number of hydrogen-bond donors (Lipinski definition) is 0. The van der Waals surface area contributed by atoms with Crippen LogP contribution in [0.15, 0.2) is 224 Å². The third-order valence-electron chi connectivity index (χ3n) is 11.7. The molecule has 0 amide bonds. The van der Waals surface area contributed by atoms with Gasteiger partial charge in [0.05, 0.1) is 11.1 Å². The van der Waals surface area contributed by atoms with Crippen LogP contribution in [0.2, 0.25) is 0 Å². The maximum absolute atomic E-state index is 2.47. The van der Waals surface area contributed by atoms with Crippen molar-refractivity contribution in [2.45, 2.75) is 5.41 Å². The van der Waals surface area contributed by atoms with Crippen LogP contribution in [0.5, 0.6) is 0 Å². The number of nitrogens with zero attached hydrogens (tertiary/aromatic N) is 1. The van der Waals surface area contributed by atoms with Gasteiger partial charge >= 0.3 is 0 Å². The van der Waals surface area contributed by atoms with Crippen LogP contribution in [0.3, 0.4) is 0 Å². The van der Waals surface area contributed by atoms with Crippen LogP contribution in [0.4, 0.5) is 17.1 Å². The van der Waals surface area contributed by atoms with Crippen molar-refractivity contribution in [2.24, 2.45) is 0 Å². The molecule has 0 saturated heterocycles. The molecule has 0 aliphatic heterocycles. The summed E-state index contributed by atoms with van der Waals surface area (Å²) in [5, 5.41) is 2.53. The van der Waals surface area contributed by atoms with Gasteiger partial charge in [0.15, 0.2) is 0 Å². The van der Waals surface area contributed by atoms with Crippen LogP contribution < -0.4 is 4.90 Å². The number of hydrogen-bond acceptors (Lipinski definition) is 2. The molecule has 9 aromatic carbocycles. The highest BCUT2D eigenvalue weighted by atomic mass is 32.1. The van der Waals surface area contributed by atoms with Gasteiger partial charge in [-0.3, -0.25) is 0 Å². The average molecular weight is 744 g/mol. The first-order valence-electron chi connectivity index (χ1n) is 19.6. The Hall–Kier alpha value is -7.00. The summed E-state index contributed by atoms with van der Waals surface area (Å²) in [4.78, 5) is 2.47. The van der Waals surface area contributed by atoms with Crippen LogP contribution in [0, 0.1) is 0 Å². The van der Waals surface area contributed by atoms with Crippen LogP contribution in [-0.4, -0.2) is 0 Å². The molecule has 0 unspecified atom stereocenters. The molecule has 0 saturated carbocycles. The van der Waals surface area contributed by atoms with E-state index in [0.29, 0.717) is 0 Å². The minimum Gasteiger partial charge on any atom is -0.310 e. The topological polar surface area (TPSA) is 3.24 Å². The third kappa shape index (κ3) is 5.29. The molecule has 0 N–H and O–H groups in total. The van der Waals surface area contributed by atoms with E-state index in [1.807, 2.05) is 11.3 Å². The van der Waals surface area contributed by atoms with Crippen molar-refractivity contribution in [3.05, 3.63) is 247 Å². The normalized spacial score (nSPS) is 12.7. The number of fused-ring (bicyclic) bond motifs is 6. The smallest absolute Gasteiger partial charge is 0.0727 e. The molecule has 0 bridgehead atoms. The Bertz CT molecular complexity index is 2940. The molecule has 2 heteroatoms. The van der Waals surface area contributed by atoms with Crippen LogP contribution in [-0.2, 0) is 5.41 Å². The first kappa shape index (κ1) is 33.3. The van der Waals surface area contributed by atoms with Gasteiger partial charge in [-0.1, -0.05) is 188 Å². The summed E-state index contributed by atoms with van der Waals surface area (Å²) >= 11 is 1.91. The lowest BCUT2D eigenvalue weighted by Crippen LogP contribution is -2.28. The molecule has 10 aromatic rings. The second-order valence-electron chi connectivity index (χ2n) is 14.8. The molecule has 1 aliphatic rings. The van der Waals surface area contributed by atoms with Gasteiger partial charge in [-0.25, -0.2) is 0 Å². The van der Waals surface area contributed by atoms with Gasteiger partial charge in [0.1, 0.15) is 0 Å². The summed E-state index contributed by atoms with van der Waals surface area (Å²) in [6, 6.07) is 82.4. The van der Waals surface area contributed by atoms with Crippen molar-refractivity contribution in [1.29, 1.82) is 0 Å². The Labute approximate surface area is 337 Å². The molecular weight excluding hydrogens is 707 g/mol. The lowest BCUT2D eigenvalue weighted by atomic mass is 9.67. The molecule has 268 valence electrons. The van der Waals surface area contributed by atoms with Crippen molar-refractivity contribution < 1.29 is 0 Å². The summed E-state index contributed by atoms with van der Waals surface area (Å²) in [7, 11) is 0. The maximum Gasteiger partial charge on any atom is 0.0727 e. The zero-order valence-electron chi connectivity index (χ0n) is 31.2.